The Bertz CT molecular complexity index is 158. The predicted molar refractivity (Wildman–Crippen MR) is 54.4 cm³/mol. The number of nitrogens with one attached hydrogen (secondary N) is 1. The fourth-order valence-corrected chi connectivity index (χ4v) is 2.65. The molecule has 76 valence electrons. The van der Waals surface area contributed by atoms with Gasteiger partial charge in [0.15, 0.2) is 6.16 Å². The van der Waals surface area contributed by atoms with Crippen molar-refractivity contribution in [2.75, 3.05) is 19.8 Å². The van der Waals surface area contributed by atoms with E-state index in [2.05, 4.69) is 5.32 Å². The zero-order valence-electron chi connectivity index (χ0n) is 8.29. The molecule has 1 N–H and O–H groups in total. The lowest BCUT2D eigenvalue weighted by atomic mass is 9.98. The highest BCUT2D eigenvalue weighted by atomic mass is 31.1. The molecule has 1 rings (SSSR count). The quantitative estimate of drug-likeness (QED) is 0.698. The number of hydrogen-bond acceptors (Lipinski definition) is 3. The summed E-state index contributed by atoms with van der Waals surface area (Å²) in [6.45, 7) is 0.780. The summed E-state index contributed by atoms with van der Waals surface area (Å²) in [7, 11) is 0.443. The Morgan fingerprint density at radius 3 is 2.69 bits per heavy atom. The van der Waals surface area contributed by atoms with Crippen LogP contribution >= 0.6 is 8.03 Å². The average molecular weight is 204 g/mol. The molecule has 0 aromatic rings. The van der Waals surface area contributed by atoms with Crippen molar-refractivity contribution in [2.45, 2.75) is 38.2 Å². The van der Waals surface area contributed by atoms with Crippen molar-refractivity contribution in [3.05, 3.63) is 0 Å². The maximum atomic E-state index is 11.4. The van der Waals surface area contributed by atoms with E-state index in [0.717, 1.165) is 19.4 Å². The van der Waals surface area contributed by atoms with E-state index in [1.165, 1.54) is 19.3 Å². The van der Waals surface area contributed by atoms with Crippen LogP contribution in [0.1, 0.15) is 32.1 Å². The largest absolute Gasteiger partial charge is 0.509 e. The maximum absolute atomic E-state index is 11.4. The van der Waals surface area contributed by atoms with E-state index in [-0.39, 0.29) is 6.10 Å². The summed E-state index contributed by atoms with van der Waals surface area (Å²) in [4.78, 5) is 0. The summed E-state index contributed by atoms with van der Waals surface area (Å²) in [5, 5.41) is 2.97. The molecule has 0 amide bonds. The van der Waals surface area contributed by atoms with E-state index in [1.54, 1.807) is 0 Å². The number of hydrogen-bond donors (Lipinski definition) is 1. The Morgan fingerprint density at radius 1 is 1.38 bits per heavy atom. The summed E-state index contributed by atoms with van der Waals surface area (Å²) in [5.74, 6) is 0. The first-order chi connectivity index (χ1) is 6.33. The summed E-state index contributed by atoms with van der Waals surface area (Å²) >= 11 is 0. The van der Waals surface area contributed by atoms with Gasteiger partial charge in [-0.2, -0.15) is 0 Å². The van der Waals surface area contributed by atoms with Gasteiger partial charge in [0.2, 0.25) is 0 Å². The fraction of sp³-hybridized carbons (Fsp3) is 1.00. The molecule has 1 unspecified atom stereocenters. The average Bonchev–Trinajstić information content (AvgIpc) is 2.16. The molecule has 1 aliphatic rings. The Kier molecular flexibility index (Phi) is 5.52. The molecule has 0 aromatic carbocycles. The highest BCUT2D eigenvalue weighted by molar-refractivity contribution is 7.39. The second-order valence-corrected chi connectivity index (χ2v) is 4.85. The molecule has 3 nitrogen and oxygen atoms in total. The van der Waals surface area contributed by atoms with Gasteiger partial charge in [0.1, 0.15) is 6.10 Å². The Labute approximate surface area is 81.1 Å². The Hall–Kier alpha value is 0.0200. The standard InChI is InChI=1S/C9H19NO2P/c1-10-7-8-13(11)12-9-5-3-2-4-6-9/h9-10H,2-8H2,1H3/q+1. The molecule has 1 aliphatic carbocycles. The maximum Gasteiger partial charge on any atom is 0.509 e. The summed E-state index contributed by atoms with van der Waals surface area (Å²) < 4.78 is 16.8. The van der Waals surface area contributed by atoms with Crippen LogP contribution in [0.4, 0.5) is 0 Å². The molecule has 1 saturated carbocycles. The number of rotatable bonds is 5. The second kappa shape index (κ2) is 6.47. The van der Waals surface area contributed by atoms with Gasteiger partial charge in [0, 0.05) is 6.54 Å². The minimum Gasteiger partial charge on any atom is -0.316 e. The van der Waals surface area contributed by atoms with Crippen LogP contribution in [-0.2, 0) is 9.09 Å². The molecule has 0 radical (unpaired) electrons. The highest BCUT2D eigenvalue weighted by Gasteiger charge is 2.25. The first-order valence-corrected chi connectivity index (χ1v) is 6.45. The van der Waals surface area contributed by atoms with Crippen molar-refractivity contribution in [1.29, 1.82) is 0 Å². The smallest absolute Gasteiger partial charge is 0.316 e. The monoisotopic (exact) mass is 204 g/mol. The van der Waals surface area contributed by atoms with Crippen molar-refractivity contribution in [2.24, 2.45) is 0 Å². The van der Waals surface area contributed by atoms with Gasteiger partial charge in [-0.3, -0.25) is 0 Å². The minimum atomic E-state index is -1.42. The van der Waals surface area contributed by atoms with Crippen LogP contribution in [0.15, 0.2) is 0 Å². The van der Waals surface area contributed by atoms with Crippen molar-refractivity contribution >= 4 is 8.03 Å². The third-order valence-corrected chi connectivity index (χ3v) is 3.49. The van der Waals surface area contributed by atoms with E-state index < -0.39 is 8.03 Å². The molecule has 0 spiro atoms. The predicted octanol–water partition coefficient (Wildman–Crippen LogP) is 2.30. The second-order valence-electron chi connectivity index (χ2n) is 3.53. The van der Waals surface area contributed by atoms with Gasteiger partial charge in [0.25, 0.3) is 0 Å². The molecule has 4 heteroatoms. The fourth-order valence-electron chi connectivity index (χ4n) is 1.59. The molecule has 0 heterocycles. The van der Waals surface area contributed by atoms with Gasteiger partial charge in [0.05, 0.1) is 0 Å². The first kappa shape index (κ1) is 11.1. The lowest BCUT2D eigenvalue weighted by Gasteiger charge is -2.15. The minimum absolute atomic E-state index is 0.272. The Balaban J connectivity index is 2.11. The van der Waals surface area contributed by atoms with Gasteiger partial charge in [-0.05, 0) is 24.5 Å². The third-order valence-electron chi connectivity index (χ3n) is 2.36. The van der Waals surface area contributed by atoms with Crippen LogP contribution in [0.2, 0.25) is 0 Å². The van der Waals surface area contributed by atoms with E-state index in [4.69, 9.17) is 4.52 Å². The van der Waals surface area contributed by atoms with E-state index in [0.29, 0.717) is 6.16 Å². The van der Waals surface area contributed by atoms with Crippen molar-refractivity contribution in [3.8, 4) is 0 Å². The molecule has 0 aromatic heterocycles. The summed E-state index contributed by atoms with van der Waals surface area (Å²) in [5.41, 5.74) is 0. The van der Waals surface area contributed by atoms with Gasteiger partial charge in [-0.1, -0.05) is 19.3 Å². The van der Waals surface area contributed by atoms with Gasteiger partial charge in [-0.25, -0.2) is 0 Å². The molecule has 1 atom stereocenters. The van der Waals surface area contributed by atoms with Gasteiger partial charge in [-0.15, -0.1) is 4.52 Å². The third kappa shape index (κ3) is 4.70. The Morgan fingerprint density at radius 2 is 2.08 bits per heavy atom. The topological polar surface area (TPSA) is 38.3 Å². The van der Waals surface area contributed by atoms with Crippen LogP contribution < -0.4 is 5.32 Å². The van der Waals surface area contributed by atoms with Crippen molar-refractivity contribution in [3.63, 3.8) is 0 Å². The molecule has 0 aliphatic heterocycles. The normalized spacial score (nSPS) is 20.2. The van der Waals surface area contributed by atoms with Crippen LogP contribution in [0.5, 0.6) is 0 Å². The lowest BCUT2D eigenvalue weighted by Crippen LogP contribution is -2.15. The molecule has 0 saturated heterocycles. The molecular weight excluding hydrogens is 185 g/mol. The molecule has 1 fully saturated rings. The van der Waals surface area contributed by atoms with Crippen LogP contribution in [-0.4, -0.2) is 25.9 Å². The molecular formula is C9H19NO2P+. The first-order valence-electron chi connectivity index (χ1n) is 5.09. The SMILES string of the molecule is CNCC[P+](=O)OC1CCCCC1. The van der Waals surface area contributed by atoms with E-state index in [9.17, 15) is 4.57 Å². The van der Waals surface area contributed by atoms with Crippen molar-refractivity contribution in [1.82, 2.24) is 5.32 Å². The molecule has 13 heavy (non-hydrogen) atoms. The van der Waals surface area contributed by atoms with Crippen LogP contribution in [0, 0.1) is 0 Å². The van der Waals surface area contributed by atoms with E-state index in [1.807, 2.05) is 7.05 Å². The van der Waals surface area contributed by atoms with E-state index >= 15 is 0 Å². The van der Waals surface area contributed by atoms with Gasteiger partial charge >= 0.3 is 8.03 Å². The van der Waals surface area contributed by atoms with Crippen molar-refractivity contribution < 1.29 is 9.09 Å². The van der Waals surface area contributed by atoms with Gasteiger partial charge < -0.3 is 5.32 Å². The highest BCUT2D eigenvalue weighted by Crippen LogP contribution is 2.30. The lowest BCUT2D eigenvalue weighted by molar-refractivity contribution is 0.166. The van der Waals surface area contributed by atoms with Crippen LogP contribution in [0.3, 0.4) is 0 Å². The zero-order valence-corrected chi connectivity index (χ0v) is 9.19. The molecule has 0 bridgehead atoms. The summed E-state index contributed by atoms with van der Waals surface area (Å²) in [6.07, 6.45) is 6.89. The zero-order chi connectivity index (χ0) is 9.52. The summed E-state index contributed by atoms with van der Waals surface area (Å²) in [6, 6.07) is 0. The van der Waals surface area contributed by atoms with Crippen LogP contribution in [0.25, 0.3) is 0 Å².